The molecule has 2 N–H and O–H groups in total. The van der Waals surface area contributed by atoms with E-state index < -0.39 is 0 Å². The van der Waals surface area contributed by atoms with Crippen molar-refractivity contribution in [3.63, 3.8) is 0 Å². The number of Topliss-reactive ketones (excluding diaryl/α,β-unsaturated/α-hetero) is 1. The maximum atomic E-state index is 12.3. The van der Waals surface area contributed by atoms with Crippen molar-refractivity contribution in [3.8, 4) is 0 Å². The number of rotatable bonds is 2. The molecule has 134 valence electrons. The molecule has 3 fully saturated rings. The maximum absolute atomic E-state index is 12.3. The Hall–Kier alpha value is -0.670. The zero-order valence-electron chi connectivity index (χ0n) is 15.1. The molecule has 0 radical (unpaired) electrons. The molecule has 7 atom stereocenters. The van der Waals surface area contributed by atoms with Crippen LogP contribution in [0.3, 0.4) is 0 Å². The van der Waals surface area contributed by atoms with Gasteiger partial charge in [-0.1, -0.05) is 25.5 Å². The number of hydrogen-bond donors (Lipinski definition) is 2. The van der Waals surface area contributed by atoms with Gasteiger partial charge in [0.25, 0.3) is 0 Å². The minimum absolute atomic E-state index is 0.0454. The van der Waals surface area contributed by atoms with E-state index in [0.717, 1.165) is 38.5 Å². The van der Waals surface area contributed by atoms with Gasteiger partial charge >= 0.3 is 0 Å². The second kappa shape index (κ2) is 5.67. The van der Waals surface area contributed by atoms with Crippen molar-refractivity contribution in [3.05, 3.63) is 11.6 Å². The molecule has 0 amide bonds. The van der Waals surface area contributed by atoms with E-state index >= 15 is 0 Å². The van der Waals surface area contributed by atoms with Crippen molar-refractivity contribution in [2.45, 2.75) is 71.3 Å². The maximum Gasteiger partial charge on any atom is 0.161 e. The Morgan fingerprint density at radius 3 is 2.75 bits per heavy atom. The Balaban J connectivity index is 1.66. The molecule has 3 heteroatoms. The number of carbonyl (C=O) groups excluding carboxylic acids is 1. The van der Waals surface area contributed by atoms with Gasteiger partial charge in [0.05, 0.1) is 6.10 Å². The Kier molecular flexibility index (Phi) is 3.96. The van der Waals surface area contributed by atoms with Gasteiger partial charge in [-0.15, -0.1) is 0 Å². The van der Waals surface area contributed by atoms with E-state index in [1.807, 2.05) is 0 Å². The van der Waals surface area contributed by atoms with Crippen molar-refractivity contribution >= 4 is 5.78 Å². The fourth-order valence-corrected chi connectivity index (χ4v) is 7.14. The molecule has 0 bridgehead atoms. The Bertz CT molecular complexity index is 567. The van der Waals surface area contributed by atoms with Crippen LogP contribution in [0.1, 0.15) is 65.2 Å². The molecule has 4 rings (SSSR count). The predicted molar refractivity (Wildman–Crippen MR) is 93.3 cm³/mol. The zero-order valence-corrected chi connectivity index (χ0v) is 15.1. The van der Waals surface area contributed by atoms with Crippen molar-refractivity contribution in [1.82, 2.24) is 0 Å². The van der Waals surface area contributed by atoms with E-state index in [-0.39, 0.29) is 35.2 Å². The smallest absolute Gasteiger partial charge is 0.161 e. The SMILES string of the molecule is C[C@]12CC=C3C(CC[C@H]4C[C@H](O)CC[C@]34C)C1CC[C@@H]2C(=O)CO. The molecule has 3 saturated carbocycles. The Labute approximate surface area is 145 Å². The molecule has 0 saturated heterocycles. The molecule has 0 heterocycles. The van der Waals surface area contributed by atoms with Crippen molar-refractivity contribution in [2.75, 3.05) is 6.61 Å². The summed E-state index contributed by atoms with van der Waals surface area (Å²) in [6.07, 6.45) is 10.9. The molecular formula is C21H32O3. The van der Waals surface area contributed by atoms with Gasteiger partial charge in [0.1, 0.15) is 6.61 Å². The summed E-state index contributed by atoms with van der Waals surface area (Å²) in [6, 6.07) is 0. The number of aliphatic hydroxyl groups is 2. The topological polar surface area (TPSA) is 57.5 Å². The van der Waals surface area contributed by atoms with Gasteiger partial charge in [-0.2, -0.15) is 0 Å². The lowest BCUT2D eigenvalue weighted by Gasteiger charge is -2.56. The molecule has 0 aliphatic heterocycles. The highest BCUT2D eigenvalue weighted by atomic mass is 16.3. The summed E-state index contributed by atoms with van der Waals surface area (Å²) in [7, 11) is 0. The van der Waals surface area contributed by atoms with Crippen LogP contribution in [0.5, 0.6) is 0 Å². The standard InChI is InChI=1S/C21H32O3/c1-20-9-7-14(23)11-13(20)3-4-15-16-5-6-18(19(24)12-22)21(16,2)10-8-17(15)20/h8,13-16,18,22-23H,3-7,9-12H2,1-2H3/t13-,14+,15?,16?,18+,20-,21-/m0/s1. The van der Waals surface area contributed by atoms with Gasteiger partial charge in [-0.3, -0.25) is 4.79 Å². The third-order valence-electron chi connectivity index (χ3n) is 8.54. The van der Waals surface area contributed by atoms with Crippen LogP contribution in [-0.2, 0) is 4.79 Å². The van der Waals surface area contributed by atoms with E-state index in [1.54, 1.807) is 5.57 Å². The number of fused-ring (bicyclic) bond motifs is 5. The minimum Gasteiger partial charge on any atom is -0.393 e. The number of hydrogen-bond acceptors (Lipinski definition) is 3. The molecular weight excluding hydrogens is 300 g/mol. The molecule has 4 aliphatic carbocycles. The highest BCUT2D eigenvalue weighted by Gasteiger charge is 2.58. The van der Waals surface area contributed by atoms with Gasteiger partial charge in [-0.25, -0.2) is 0 Å². The lowest BCUT2D eigenvalue weighted by atomic mass is 9.48. The van der Waals surface area contributed by atoms with Crippen molar-refractivity contribution in [2.24, 2.45) is 34.5 Å². The third kappa shape index (κ3) is 2.20. The minimum atomic E-state index is -0.300. The lowest BCUT2D eigenvalue weighted by molar-refractivity contribution is -0.129. The fourth-order valence-electron chi connectivity index (χ4n) is 7.14. The van der Waals surface area contributed by atoms with Crippen LogP contribution in [-0.4, -0.2) is 28.7 Å². The molecule has 2 unspecified atom stereocenters. The molecule has 3 nitrogen and oxygen atoms in total. The Morgan fingerprint density at radius 1 is 1.21 bits per heavy atom. The van der Waals surface area contributed by atoms with Gasteiger partial charge in [0.2, 0.25) is 0 Å². The summed E-state index contributed by atoms with van der Waals surface area (Å²) in [6.45, 7) is 4.44. The lowest BCUT2D eigenvalue weighted by Crippen LogP contribution is -2.49. The monoisotopic (exact) mass is 332 g/mol. The highest BCUT2D eigenvalue weighted by Crippen LogP contribution is 2.65. The number of carbonyl (C=O) groups is 1. The van der Waals surface area contributed by atoms with E-state index in [2.05, 4.69) is 19.9 Å². The molecule has 0 spiro atoms. The summed E-state index contributed by atoms with van der Waals surface area (Å²) in [5, 5.41) is 19.5. The molecule has 0 aromatic rings. The quantitative estimate of drug-likeness (QED) is 0.761. The van der Waals surface area contributed by atoms with E-state index in [9.17, 15) is 15.0 Å². The van der Waals surface area contributed by atoms with Crippen LogP contribution in [0.25, 0.3) is 0 Å². The second-order valence-corrected chi connectivity index (χ2v) is 9.46. The van der Waals surface area contributed by atoms with Crippen LogP contribution in [0, 0.1) is 34.5 Å². The molecule has 0 aromatic carbocycles. The normalized spacial score (nSPS) is 50.5. The predicted octanol–water partition coefficient (Wildman–Crippen LogP) is 3.49. The van der Waals surface area contributed by atoms with Crippen LogP contribution in [0.2, 0.25) is 0 Å². The van der Waals surface area contributed by atoms with E-state index in [1.165, 1.54) is 12.8 Å². The summed E-state index contributed by atoms with van der Waals surface area (Å²) in [4.78, 5) is 12.3. The number of allylic oxidation sites excluding steroid dienone is 2. The third-order valence-corrected chi connectivity index (χ3v) is 8.54. The first-order chi connectivity index (χ1) is 11.4. The van der Waals surface area contributed by atoms with E-state index in [4.69, 9.17) is 0 Å². The average Bonchev–Trinajstić information content (AvgIpc) is 2.92. The summed E-state index contributed by atoms with van der Waals surface area (Å²) >= 11 is 0. The molecule has 4 aliphatic rings. The van der Waals surface area contributed by atoms with Gasteiger partial charge in [-0.05, 0) is 80.0 Å². The Morgan fingerprint density at radius 2 is 2.00 bits per heavy atom. The summed E-state index contributed by atoms with van der Waals surface area (Å²) in [5.41, 5.74) is 1.97. The number of aliphatic hydroxyl groups excluding tert-OH is 2. The highest BCUT2D eigenvalue weighted by molar-refractivity contribution is 5.83. The largest absolute Gasteiger partial charge is 0.393 e. The second-order valence-electron chi connectivity index (χ2n) is 9.46. The first kappa shape index (κ1) is 16.8. The van der Waals surface area contributed by atoms with E-state index in [0.29, 0.717) is 17.8 Å². The van der Waals surface area contributed by atoms with Crippen LogP contribution >= 0.6 is 0 Å². The molecule has 24 heavy (non-hydrogen) atoms. The van der Waals surface area contributed by atoms with Gasteiger partial charge in [0, 0.05) is 5.92 Å². The first-order valence-corrected chi connectivity index (χ1v) is 9.92. The summed E-state index contributed by atoms with van der Waals surface area (Å²) < 4.78 is 0. The van der Waals surface area contributed by atoms with Crippen LogP contribution in [0.4, 0.5) is 0 Å². The number of ketones is 1. The van der Waals surface area contributed by atoms with Crippen LogP contribution in [0.15, 0.2) is 11.6 Å². The molecule has 0 aromatic heterocycles. The van der Waals surface area contributed by atoms with Gasteiger partial charge in [0.15, 0.2) is 5.78 Å². The van der Waals surface area contributed by atoms with Crippen molar-refractivity contribution < 1.29 is 15.0 Å². The summed E-state index contributed by atoms with van der Waals surface area (Å²) in [5.74, 6) is 1.95. The van der Waals surface area contributed by atoms with Gasteiger partial charge < -0.3 is 10.2 Å². The zero-order chi connectivity index (χ0) is 17.1. The van der Waals surface area contributed by atoms with Crippen LogP contribution < -0.4 is 0 Å². The first-order valence-electron chi connectivity index (χ1n) is 9.92. The average molecular weight is 332 g/mol. The fraction of sp³-hybridized carbons (Fsp3) is 0.857. The van der Waals surface area contributed by atoms with Crippen molar-refractivity contribution in [1.29, 1.82) is 0 Å².